The molecule has 3 nitrogen and oxygen atoms in total. The molecule has 1 rings (SSSR count). The Kier molecular flexibility index (Phi) is 5.62. The summed E-state index contributed by atoms with van der Waals surface area (Å²) in [5, 5.41) is 0. The predicted molar refractivity (Wildman–Crippen MR) is 73.5 cm³/mol. The quantitative estimate of drug-likeness (QED) is 0.755. The fourth-order valence-corrected chi connectivity index (χ4v) is 3.70. The van der Waals surface area contributed by atoms with E-state index in [1.165, 1.54) is 4.31 Å². The first kappa shape index (κ1) is 14.7. The lowest BCUT2D eigenvalue weighted by Gasteiger charge is -2.17. The molecular weight excluding hydrogens is 302 g/mol. The van der Waals surface area contributed by atoms with Gasteiger partial charge in [-0.25, -0.2) is 12.7 Å². The summed E-state index contributed by atoms with van der Waals surface area (Å²) in [4.78, 5) is 0.332. The highest BCUT2D eigenvalue weighted by molar-refractivity contribution is 9.10. The van der Waals surface area contributed by atoms with Crippen LogP contribution in [0.4, 0.5) is 0 Å². The van der Waals surface area contributed by atoms with E-state index in [1.807, 2.05) is 0 Å². The Morgan fingerprint density at radius 3 is 2.47 bits per heavy atom. The number of hydrogen-bond donors (Lipinski definition) is 0. The third-order valence-corrected chi connectivity index (χ3v) is 5.47. The Morgan fingerprint density at radius 2 is 1.88 bits per heavy atom. The first-order valence-corrected chi connectivity index (χ1v) is 7.94. The van der Waals surface area contributed by atoms with Gasteiger partial charge in [0.15, 0.2) is 0 Å². The van der Waals surface area contributed by atoms with Crippen molar-refractivity contribution in [2.24, 2.45) is 0 Å². The Bertz CT molecular complexity index is 459. The summed E-state index contributed by atoms with van der Waals surface area (Å²) in [6, 6.07) is 6.90. The SMILES string of the molecule is CCCCCN(C)S(=O)(=O)c1ccccc1Br. The van der Waals surface area contributed by atoms with Crippen LogP contribution >= 0.6 is 15.9 Å². The number of benzene rings is 1. The number of halogens is 1. The zero-order chi connectivity index (χ0) is 12.9. The molecule has 0 heterocycles. The van der Waals surface area contributed by atoms with Crippen LogP contribution in [0.25, 0.3) is 0 Å². The zero-order valence-electron chi connectivity index (χ0n) is 10.2. The van der Waals surface area contributed by atoms with Gasteiger partial charge in [-0.15, -0.1) is 0 Å². The normalized spacial score (nSPS) is 12.0. The molecule has 5 heteroatoms. The smallest absolute Gasteiger partial charge is 0.207 e. The van der Waals surface area contributed by atoms with Crippen molar-refractivity contribution in [2.75, 3.05) is 13.6 Å². The van der Waals surface area contributed by atoms with E-state index in [0.717, 1.165) is 19.3 Å². The van der Waals surface area contributed by atoms with Gasteiger partial charge < -0.3 is 0 Å². The molecule has 0 fully saturated rings. The minimum atomic E-state index is -3.36. The number of sulfonamides is 1. The monoisotopic (exact) mass is 319 g/mol. The molecule has 0 aliphatic rings. The van der Waals surface area contributed by atoms with E-state index in [2.05, 4.69) is 22.9 Å². The van der Waals surface area contributed by atoms with Crippen LogP contribution in [0.15, 0.2) is 33.6 Å². The lowest BCUT2D eigenvalue weighted by atomic mass is 10.2. The van der Waals surface area contributed by atoms with Gasteiger partial charge >= 0.3 is 0 Å². The second kappa shape index (κ2) is 6.52. The van der Waals surface area contributed by atoms with Crippen molar-refractivity contribution >= 4 is 26.0 Å². The molecule has 0 amide bonds. The minimum absolute atomic E-state index is 0.332. The fraction of sp³-hybridized carbons (Fsp3) is 0.500. The molecule has 0 aromatic heterocycles. The van der Waals surface area contributed by atoms with Gasteiger partial charge in [0.1, 0.15) is 0 Å². The summed E-state index contributed by atoms with van der Waals surface area (Å²) < 4.78 is 26.5. The van der Waals surface area contributed by atoms with Crippen LogP contribution in [-0.2, 0) is 10.0 Å². The standard InChI is InChI=1S/C12H18BrNO2S/c1-3-4-7-10-14(2)17(15,16)12-9-6-5-8-11(12)13/h5-6,8-9H,3-4,7,10H2,1-2H3. The summed E-state index contributed by atoms with van der Waals surface area (Å²) in [6.07, 6.45) is 3.04. The van der Waals surface area contributed by atoms with Crippen LogP contribution < -0.4 is 0 Å². The van der Waals surface area contributed by atoms with Crippen molar-refractivity contribution in [3.05, 3.63) is 28.7 Å². The zero-order valence-corrected chi connectivity index (χ0v) is 12.6. The molecule has 0 aliphatic heterocycles. The first-order valence-electron chi connectivity index (χ1n) is 5.71. The van der Waals surface area contributed by atoms with Crippen LogP contribution in [0, 0.1) is 0 Å². The molecule has 0 unspecified atom stereocenters. The lowest BCUT2D eigenvalue weighted by Crippen LogP contribution is -2.28. The van der Waals surface area contributed by atoms with Crippen molar-refractivity contribution < 1.29 is 8.42 Å². The van der Waals surface area contributed by atoms with Crippen LogP contribution in [0.5, 0.6) is 0 Å². The minimum Gasteiger partial charge on any atom is -0.207 e. The average Bonchev–Trinajstić information content (AvgIpc) is 2.29. The van der Waals surface area contributed by atoms with Crippen LogP contribution in [0.3, 0.4) is 0 Å². The molecular formula is C12H18BrNO2S. The third-order valence-electron chi connectivity index (χ3n) is 2.60. The van der Waals surface area contributed by atoms with E-state index < -0.39 is 10.0 Å². The van der Waals surface area contributed by atoms with Crippen molar-refractivity contribution in [1.29, 1.82) is 0 Å². The van der Waals surface area contributed by atoms with Crippen molar-refractivity contribution in [3.63, 3.8) is 0 Å². The Labute approximate surface area is 112 Å². The van der Waals surface area contributed by atoms with Gasteiger partial charge in [0.2, 0.25) is 10.0 Å². The van der Waals surface area contributed by atoms with Gasteiger partial charge in [-0.05, 0) is 34.5 Å². The maximum absolute atomic E-state index is 12.2. The second-order valence-electron chi connectivity index (χ2n) is 3.96. The van der Waals surface area contributed by atoms with Gasteiger partial charge in [0, 0.05) is 18.1 Å². The number of hydrogen-bond acceptors (Lipinski definition) is 2. The molecule has 0 atom stereocenters. The maximum atomic E-state index is 12.2. The fourth-order valence-electron chi connectivity index (χ4n) is 1.53. The summed E-state index contributed by atoms with van der Waals surface area (Å²) >= 11 is 3.28. The average molecular weight is 320 g/mol. The van der Waals surface area contributed by atoms with E-state index in [1.54, 1.807) is 31.3 Å². The maximum Gasteiger partial charge on any atom is 0.243 e. The van der Waals surface area contributed by atoms with Gasteiger partial charge in [0.05, 0.1) is 4.90 Å². The first-order chi connectivity index (χ1) is 8.00. The molecule has 0 aliphatic carbocycles. The highest BCUT2D eigenvalue weighted by Crippen LogP contribution is 2.24. The highest BCUT2D eigenvalue weighted by Gasteiger charge is 2.22. The van der Waals surface area contributed by atoms with E-state index in [0.29, 0.717) is 15.9 Å². The molecule has 17 heavy (non-hydrogen) atoms. The number of rotatable bonds is 6. The topological polar surface area (TPSA) is 37.4 Å². The predicted octanol–water partition coefficient (Wildman–Crippen LogP) is 3.26. The Balaban J connectivity index is 2.85. The van der Waals surface area contributed by atoms with Crippen molar-refractivity contribution in [3.8, 4) is 0 Å². The lowest BCUT2D eigenvalue weighted by molar-refractivity contribution is 0.454. The molecule has 0 N–H and O–H groups in total. The van der Waals surface area contributed by atoms with E-state index >= 15 is 0 Å². The summed E-state index contributed by atoms with van der Waals surface area (Å²) in [6.45, 7) is 2.67. The highest BCUT2D eigenvalue weighted by atomic mass is 79.9. The second-order valence-corrected chi connectivity index (χ2v) is 6.83. The van der Waals surface area contributed by atoms with E-state index in [4.69, 9.17) is 0 Å². The van der Waals surface area contributed by atoms with Crippen LogP contribution in [0.2, 0.25) is 0 Å². The van der Waals surface area contributed by atoms with Gasteiger partial charge in [-0.2, -0.15) is 0 Å². The Morgan fingerprint density at radius 1 is 1.24 bits per heavy atom. The van der Waals surface area contributed by atoms with E-state index in [9.17, 15) is 8.42 Å². The van der Waals surface area contributed by atoms with Crippen LogP contribution in [-0.4, -0.2) is 26.3 Å². The van der Waals surface area contributed by atoms with E-state index in [-0.39, 0.29) is 0 Å². The van der Waals surface area contributed by atoms with Crippen molar-refractivity contribution in [1.82, 2.24) is 4.31 Å². The van der Waals surface area contributed by atoms with Gasteiger partial charge in [-0.1, -0.05) is 31.9 Å². The van der Waals surface area contributed by atoms with Crippen molar-refractivity contribution in [2.45, 2.75) is 31.1 Å². The molecule has 0 radical (unpaired) electrons. The van der Waals surface area contributed by atoms with Crippen LogP contribution in [0.1, 0.15) is 26.2 Å². The molecule has 0 saturated heterocycles. The van der Waals surface area contributed by atoms with Gasteiger partial charge in [-0.3, -0.25) is 0 Å². The largest absolute Gasteiger partial charge is 0.243 e. The third kappa shape index (κ3) is 3.79. The summed E-state index contributed by atoms with van der Waals surface area (Å²) in [7, 11) is -1.73. The molecule has 96 valence electrons. The molecule has 1 aromatic rings. The molecule has 0 saturated carbocycles. The Hall–Kier alpha value is -0.390. The van der Waals surface area contributed by atoms with Gasteiger partial charge in [0.25, 0.3) is 0 Å². The molecule has 0 bridgehead atoms. The summed E-state index contributed by atoms with van der Waals surface area (Å²) in [5.41, 5.74) is 0. The molecule has 0 spiro atoms. The number of nitrogens with zero attached hydrogens (tertiary/aromatic N) is 1. The number of unbranched alkanes of at least 4 members (excludes halogenated alkanes) is 2. The summed E-state index contributed by atoms with van der Waals surface area (Å²) in [5.74, 6) is 0. The molecule has 1 aromatic carbocycles.